The Morgan fingerprint density at radius 1 is 1.04 bits per heavy atom. The first-order chi connectivity index (χ1) is 12.9. The summed E-state index contributed by atoms with van der Waals surface area (Å²) < 4.78 is 6.35. The third-order valence-corrected chi connectivity index (χ3v) is 5.49. The first-order valence-electron chi connectivity index (χ1n) is 8.48. The molecule has 0 saturated heterocycles. The molecule has 0 aliphatic carbocycles. The van der Waals surface area contributed by atoms with Crippen LogP contribution in [0, 0.1) is 6.92 Å². The molecule has 1 heterocycles. The molecule has 1 aromatic heterocycles. The van der Waals surface area contributed by atoms with E-state index in [0.29, 0.717) is 16.1 Å². The van der Waals surface area contributed by atoms with Crippen molar-refractivity contribution in [1.82, 2.24) is 0 Å². The molecule has 3 aromatic rings. The molecule has 0 radical (unpaired) electrons. The molecule has 0 saturated carbocycles. The molecule has 2 aromatic carbocycles. The van der Waals surface area contributed by atoms with E-state index in [2.05, 4.69) is 5.32 Å². The van der Waals surface area contributed by atoms with Crippen LogP contribution in [0.5, 0.6) is 0 Å². The largest absolute Gasteiger partial charge is 0.448 e. The van der Waals surface area contributed by atoms with E-state index in [4.69, 9.17) is 4.74 Å². The van der Waals surface area contributed by atoms with Crippen LogP contribution >= 0.6 is 11.3 Å². The van der Waals surface area contributed by atoms with Crippen molar-refractivity contribution in [3.05, 3.63) is 64.5 Å². The summed E-state index contributed by atoms with van der Waals surface area (Å²) in [4.78, 5) is 36.6. The van der Waals surface area contributed by atoms with Crippen LogP contribution in [-0.4, -0.2) is 23.8 Å². The van der Waals surface area contributed by atoms with Gasteiger partial charge >= 0.3 is 5.97 Å². The number of anilines is 1. The van der Waals surface area contributed by atoms with Crippen molar-refractivity contribution < 1.29 is 19.1 Å². The number of aryl methyl sites for hydroxylation is 1. The zero-order valence-corrected chi connectivity index (χ0v) is 16.1. The van der Waals surface area contributed by atoms with Crippen LogP contribution in [0.4, 0.5) is 5.69 Å². The highest BCUT2D eigenvalue weighted by Gasteiger charge is 2.22. The smallest absolute Gasteiger partial charge is 0.349 e. The Bertz CT molecular complexity index is 1020. The molecule has 0 fully saturated rings. The van der Waals surface area contributed by atoms with Gasteiger partial charge in [-0.3, -0.25) is 9.59 Å². The van der Waals surface area contributed by atoms with Crippen molar-refractivity contribution in [3.8, 4) is 0 Å². The zero-order chi connectivity index (χ0) is 19.6. The van der Waals surface area contributed by atoms with Crippen molar-refractivity contribution in [2.75, 3.05) is 5.32 Å². The van der Waals surface area contributed by atoms with Gasteiger partial charge in [0.2, 0.25) is 0 Å². The van der Waals surface area contributed by atoms with E-state index >= 15 is 0 Å². The van der Waals surface area contributed by atoms with E-state index in [1.165, 1.54) is 25.2 Å². The summed E-state index contributed by atoms with van der Waals surface area (Å²) in [5, 5.41) is 3.69. The van der Waals surface area contributed by atoms with Gasteiger partial charge in [-0.25, -0.2) is 4.79 Å². The summed E-state index contributed by atoms with van der Waals surface area (Å²) in [5.74, 6) is -0.991. The summed E-state index contributed by atoms with van der Waals surface area (Å²) in [6.07, 6.45) is -0.949. The highest BCUT2D eigenvalue weighted by atomic mass is 32.1. The molecular formula is C21H19NO4S. The summed E-state index contributed by atoms with van der Waals surface area (Å²) in [6, 6.07) is 14.3. The Kier molecular flexibility index (Phi) is 5.37. The van der Waals surface area contributed by atoms with Crippen LogP contribution in [-0.2, 0) is 9.53 Å². The van der Waals surface area contributed by atoms with E-state index in [0.717, 1.165) is 15.6 Å². The summed E-state index contributed by atoms with van der Waals surface area (Å²) >= 11 is 1.36. The van der Waals surface area contributed by atoms with Crippen LogP contribution in [0.2, 0.25) is 0 Å². The fourth-order valence-electron chi connectivity index (χ4n) is 2.67. The number of ketones is 1. The maximum absolute atomic E-state index is 12.5. The SMILES string of the molecule is CC(=O)c1ccc(NC(=O)[C@H](C)OC(=O)c2sc3ccccc3c2C)cc1. The lowest BCUT2D eigenvalue weighted by Crippen LogP contribution is -2.29. The highest BCUT2D eigenvalue weighted by molar-refractivity contribution is 7.21. The number of hydrogen-bond acceptors (Lipinski definition) is 5. The maximum atomic E-state index is 12.5. The van der Waals surface area contributed by atoms with Gasteiger partial charge in [0.15, 0.2) is 11.9 Å². The number of Topliss-reactive ketones (excluding diaryl/α,β-unsaturated/α-hetero) is 1. The Morgan fingerprint density at radius 3 is 2.33 bits per heavy atom. The number of ether oxygens (including phenoxy) is 1. The van der Waals surface area contributed by atoms with E-state index in [9.17, 15) is 14.4 Å². The van der Waals surface area contributed by atoms with Crippen LogP contribution in [0.1, 0.15) is 39.4 Å². The lowest BCUT2D eigenvalue weighted by atomic mass is 10.1. The third kappa shape index (κ3) is 4.06. The second-order valence-electron chi connectivity index (χ2n) is 6.22. The summed E-state index contributed by atoms with van der Waals surface area (Å²) in [6.45, 7) is 4.88. The number of hydrogen-bond donors (Lipinski definition) is 1. The van der Waals surface area contributed by atoms with Crippen molar-refractivity contribution in [3.63, 3.8) is 0 Å². The molecule has 1 N–H and O–H groups in total. The molecule has 0 aliphatic rings. The molecule has 0 aliphatic heterocycles. The fraction of sp³-hybridized carbons (Fsp3) is 0.190. The van der Waals surface area contributed by atoms with Crippen LogP contribution in [0.15, 0.2) is 48.5 Å². The minimum absolute atomic E-state index is 0.0473. The maximum Gasteiger partial charge on any atom is 0.349 e. The summed E-state index contributed by atoms with van der Waals surface area (Å²) in [5.41, 5.74) is 1.95. The molecule has 0 unspecified atom stereocenters. The number of nitrogens with one attached hydrogen (secondary N) is 1. The van der Waals surface area contributed by atoms with Crippen molar-refractivity contribution >= 4 is 44.8 Å². The Balaban J connectivity index is 1.67. The van der Waals surface area contributed by atoms with Gasteiger partial charge < -0.3 is 10.1 Å². The second-order valence-corrected chi connectivity index (χ2v) is 7.27. The van der Waals surface area contributed by atoms with Gasteiger partial charge in [0.05, 0.1) is 0 Å². The standard InChI is InChI=1S/C21H19NO4S/c1-12-17-6-4-5-7-18(17)27-19(12)21(25)26-14(3)20(24)22-16-10-8-15(9-11-16)13(2)23/h4-11,14H,1-3H3,(H,22,24)/t14-/m0/s1. The third-order valence-electron chi connectivity index (χ3n) is 4.24. The number of amides is 1. The van der Waals surface area contributed by atoms with Crippen molar-refractivity contribution in [2.24, 2.45) is 0 Å². The monoisotopic (exact) mass is 381 g/mol. The molecule has 138 valence electrons. The molecule has 5 nitrogen and oxygen atoms in total. The molecule has 27 heavy (non-hydrogen) atoms. The fourth-order valence-corrected chi connectivity index (χ4v) is 3.76. The predicted molar refractivity (Wildman–Crippen MR) is 107 cm³/mol. The van der Waals surface area contributed by atoms with Gasteiger partial charge in [0.1, 0.15) is 4.88 Å². The Hall–Kier alpha value is -2.99. The second kappa shape index (κ2) is 7.72. The average Bonchev–Trinajstić information content (AvgIpc) is 2.99. The molecular weight excluding hydrogens is 362 g/mol. The molecule has 3 rings (SSSR count). The number of carbonyl (C=O) groups is 3. The predicted octanol–water partition coefficient (Wildman–Crippen LogP) is 4.60. The number of rotatable bonds is 5. The molecule has 1 atom stereocenters. The molecule has 0 spiro atoms. The van der Waals surface area contributed by atoms with Gasteiger partial charge in [-0.05, 0) is 62.1 Å². The van der Waals surface area contributed by atoms with Gasteiger partial charge in [-0.2, -0.15) is 0 Å². The number of benzene rings is 2. The van der Waals surface area contributed by atoms with Crippen molar-refractivity contribution in [1.29, 1.82) is 0 Å². The highest BCUT2D eigenvalue weighted by Crippen LogP contribution is 2.31. The quantitative estimate of drug-likeness (QED) is 0.518. The normalized spacial score (nSPS) is 11.8. The van der Waals surface area contributed by atoms with Gasteiger partial charge in [0, 0.05) is 16.0 Å². The molecule has 6 heteroatoms. The minimum atomic E-state index is -0.949. The number of fused-ring (bicyclic) bond motifs is 1. The van der Waals surface area contributed by atoms with E-state index < -0.39 is 18.0 Å². The van der Waals surface area contributed by atoms with E-state index in [1.807, 2.05) is 31.2 Å². The Morgan fingerprint density at radius 2 is 1.70 bits per heavy atom. The van der Waals surface area contributed by atoms with Gasteiger partial charge in [-0.1, -0.05) is 18.2 Å². The van der Waals surface area contributed by atoms with E-state index in [1.54, 1.807) is 24.3 Å². The van der Waals surface area contributed by atoms with Crippen LogP contribution < -0.4 is 5.32 Å². The minimum Gasteiger partial charge on any atom is -0.448 e. The van der Waals surface area contributed by atoms with Gasteiger partial charge in [-0.15, -0.1) is 11.3 Å². The first kappa shape index (κ1) is 18.8. The molecule has 1 amide bonds. The van der Waals surface area contributed by atoms with Crippen molar-refractivity contribution in [2.45, 2.75) is 26.9 Å². The zero-order valence-electron chi connectivity index (χ0n) is 15.2. The van der Waals surface area contributed by atoms with E-state index in [-0.39, 0.29) is 5.78 Å². The van der Waals surface area contributed by atoms with Crippen LogP contribution in [0.3, 0.4) is 0 Å². The number of esters is 1. The van der Waals surface area contributed by atoms with Crippen LogP contribution in [0.25, 0.3) is 10.1 Å². The topological polar surface area (TPSA) is 72.5 Å². The molecule has 0 bridgehead atoms. The van der Waals surface area contributed by atoms with Gasteiger partial charge in [0.25, 0.3) is 5.91 Å². The lowest BCUT2D eigenvalue weighted by molar-refractivity contribution is -0.123. The first-order valence-corrected chi connectivity index (χ1v) is 9.29. The summed E-state index contributed by atoms with van der Waals surface area (Å²) in [7, 11) is 0. The lowest BCUT2D eigenvalue weighted by Gasteiger charge is -2.13. The Labute approximate surface area is 161 Å². The number of carbonyl (C=O) groups excluding carboxylic acids is 3. The average molecular weight is 381 g/mol. The number of thiophene rings is 1.